The summed E-state index contributed by atoms with van der Waals surface area (Å²) < 4.78 is 6.05. The van der Waals surface area contributed by atoms with Crippen LogP contribution in [0.25, 0.3) is 22.1 Å². The molecule has 0 aliphatic heterocycles. The van der Waals surface area contributed by atoms with Crippen molar-refractivity contribution in [1.82, 2.24) is 9.97 Å². The zero-order valence-electron chi connectivity index (χ0n) is 12.8. The summed E-state index contributed by atoms with van der Waals surface area (Å²) >= 11 is 0. The van der Waals surface area contributed by atoms with Gasteiger partial charge < -0.3 is 15.1 Å². The van der Waals surface area contributed by atoms with Gasteiger partial charge in [0.15, 0.2) is 0 Å². The van der Waals surface area contributed by atoms with Crippen LogP contribution in [0.3, 0.4) is 0 Å². The Bertz CT molecular complexity index is 1060. The Balaban J connectivity index is 2.00. The average Bonchev–Trinajstić information content (AvgIpc) is 3.01. The van der Waals surface area contributed by atoms with Crippen LogP contribution in [0, 0.1) is 0 Å². The van der Waals surface area contributed by atoms with Gasteiger partial charge in [-0.25, -0.2) is 4.98 Å². The van der Waals surface area contributed by atoms with Gasteiger partial charge in [0.2, 0.25) is 5.43 Å². The van der Waals surface area contributed by atoms with Crippen LogP contribution in [0.1, 0.15) is 11.5 Å². The molecule has 24 heavy (non-hydrogen) atoms. The number of nitrogens with one attached hydrogen (secondary N) is 1. The van der Waals surface area contributed by atoms with Crippen molar-refractivity contribution in [3.05, 3.63) is 82.6 Å². The van der Waals surface area contributed by atoms with E-state index in [0.717, 1.165) is 11.3 Å². The molecule has 2 heterocycles. The largest absolute Gasteiger partial charge is 0.460 e. The molecule has 0 unspecified atom stereocenters. The van der Waals surface area contributed by atoms with Crippen molar-refractivity contribution in [2.24, 2.45) is 0 Å². The molecule has 0 radical (unpaired) electrons. The highest BCUT2D eigenvalue weighted by atomic mass is 16.3. The van der Waals surface area contributed by atoms with E-state index in [9.17, 15) is 4.79 Å². The van der Waals surface area contributed by atoms with Crippen molar-refractivity contribution >= 4 is 16.8 Å². The van der Waals surface area contributed by atoms with Gasteiger partial charge in [-0.15, -0.1) is 0 Å². The molecule has 5 nitrogen and oxygen atoms in total. The summed E-state index contributed by atoms with van der Waals surface area (Å²) in [5.74, 6) is 0.977. The Morgan fingerprint density at radius 2 is 1.79 bits per heavy atom. The smallest absolute Gasteiger partial charge is 0.200 e. The molecule has 0 spiro atoms. The van der Waals surface area contributed by atoms with Gasteiger partial charge >= 0.3 is 0 Å². The molecule has 118 valence electrons. The predicted molar refractivity (Wildman–Crippen MR) is 93.7 cm³/mol. The van der Waals surface area contributed by atoms with Gasteiger partial charge in [-0.05, 0) is 17.7 Å². The van der Waals surface area contributed by atoms with Crippen LogP contribution in [-0.4, -0.2) is 9.97 Å². The van der Waals surface area contributed by atoms with E-state index in [1.54, 1.807) is 12.1 Å². The molecular formula is C19H15N3O2. The predicted octanol–water partition coefficient (Wildman–Crippen LogP) is 3.36. The first-order valence-corrected chi connectivity index (χ1v) is 7.62. The molecule has 5 heteroatoms. The number of nitrogens with zero attached hydrogens (tertiary/aromatic N) is 1. The second kappa shape index (κ2) is 5.70. The molecule has 0 saturated heterocycles. The monoisotopic (exact) mass is 317 g/mol. The molecule has 0 aliphatic rings. The second-order valence-electron chi connectivity index (χ2n) is 5.53. The van der Waals surface area contributed by atoms with Gasteiger partial charge in [0.05, 0.1) is 29.4 Å². The number of anilines is 1. The minimum Gasteiger partial charge on any atom is -0.460 e. The summed E-state index contributed by atoms with van der Waals surface area (Å²) in [7, 11) is 0. The maximum atomic E-state index is 13.0. The maximum absolute atomic E-state index is 13.0. The number of aromatic nitrogens is 2. The normalized spacial score (nSPS) is 11.0. The molecule has 2 aromatic carbocycles. The third-order valence-electron chi connectivity index (χ3n) is 4.02. The molecule has 0 amide bonds. The van der Waals surface area contributed by atoms with Crippen molar-refractivity contribution < 1.29 is 4.42 Å². The highest BCUT2D eigenvalue weighted by Gasteiger charge is 2.17. The maximum Gasteiger partial charge on any atom is 0.200 e. The third kappa shape index (κ3) is 2.36. The number of imidazole rings is 1. The van der Waals surface area contributed by atoms with Crippen LogP contribution >= 0.6 is 0 Å². The lowest BCUT2D eigenvalue weighted by Gasteiger charge is -2.10. The van der Waals surface area contributed by atoms with E-state index in [1.807, 2.05) is 42.5 Å². The van der Waals surface area contributed by atoms with Crippen LogP contribution in [0.5, 0.6) is 0 Å². The number of H-pyrrole nitrogens is 1. The summed E-state index contributed by atoms with van der Waals surface area (Å²) in [6, 6.07) is 16.8. The number of nitrogen functional groups attached to an aromatic ring is 1. The van der Waals surface area contributed by atoms with E-state index in [4.69, 9.17) is 10.2 Å². The molecule has 4 rings (SSSR count). The second-order valence-corrected chi connectivity index (χ2v) is 5.53. The zero-order valence-corrected chi connectivity index (χ0v) is 12.8. The summed E-state index contributed by atoms with van der Waals surface area (Å²) in [6.45, 7) is 0. The molecule has 3 N–H and O–H groups in total. The number of hydrogen-bond donors (Lipinski definition) is 2. The molecule has 4 aromatic rings. The number of rotatable bonds is 3. The van der Waals surface area contributed by atoms with Gasteiger partial charge in [-0.1, -0.05) is 42.5 Å². The quantitative estimate of drug-likeness (QED) is 0.607. The van der Waals surface area contributed by atoms with Gasteiger partial charge in [-0.3, -0.25) is 4.79 Å². The third-order valence-corrected chi connectivity index (χ3v) is 4.02. The van der Waals surface area contributed by atoms with E-state index < -0.39 is 0 Å². The molecule has 0 saturated carbocycles. The summed E-state index contributed by atoms with van der Waals surface area (Å²) in [6.07, 6.45) is 1.90. The fraction of sp³-hybridized carbons (Fsp3) is 0.0526. The molecule has 0 fully saturated rings. The van der Waals surface area contributed by atoms with Crippen molar-refractivity contribution in [3.63, 3.8) is 0 Å². The van der Waals surface area contributed by atoms with Gasteiger partial charge in [0.25, 0.3) is 0 Å². The van der Waals surface area contributed by atoms with Crippen LogP contribution in [-0.2, 0) is 6.42 Å². The first-order valence-electron chi connectivity index (χ1n) is 7.62. The van der Waals surface area contributed by atoms with Gasteiger partial charge in [0, 0.05) is 0 Å². The number of hydrogen-bond acceptors (Lipinski definition) is 4. The van der Waals surface area contributed by atoms with E-state index >= 15 is 0 Å². The SMILES string of the molecule is Nc1nc[nH]c1Cc1oc2ccccc2c(=O)c1-c1ccccc1. The highest BCUT2D eigenvalue weighted by Crippen LogP contribution is 2.26. The van der Waals surface area contributed by atoms with Crippen molar-refractivity contribution in [2.75, 3.05) is 5.73 Å². The van der Waals surface area contributed by atoms with Crippen molar-refractivity contribution in [2.45, 2.75) is 6.42 Å². The lowest BCUT2D eigenvalue weighted by Crippen LogP contribution is -2.10. The van der Waals surface area contributed by atoms with E-state index in [0.29, 0.717) is 34.5 Å². The molecule has 0 atom stereocenters. The number of fused-ring (bicyclic) bond motifs is 1. The Labute approximate surface area is 137 Å². The summed E-state index contributed by atoms with van der Waals surface area (Å²) in [5.41, 5.74) is 8.50. The number of nitrogens with two attached hydrogens (primary N) is 1. The fourth-order valence-electron chi connectivity index (χ4n) is 2.84. The Morgan fingerprint density at radius 3 is 2.54 bits per heavy atom. The number of benzene rings is 2. The van der Waals surface area contributed by atoms with E-state index in [2.05, 4.69) is 9.97 Å². The average molecular weight is 317 g/mol. The van der Waals surface area contributed by atoms with Crippen molar-refractivity contribution in [3.8, 4) is 11.1 Å². The Hall–Kier alpha value is -3.34. The number of aromatic amines is 1. The Kier molecular flexibility index (Phi) is 3.39. The standard InChI is InChI=1S/C19H15N3O2/c20-19-14(21-11-22-19)10-16-17(12-6-2-1-3-7-12)18(23)13-8-4-5-9-15(13)24-16/h1-9,11H,10,20H2,(H,21,22). The lowest BCUT2D eigenvalue weighted by atomic mass is 10.00. The molecular weight excluding hydrogens is 302 g/mol. The highest BCUT2D eigenvalue weighted by molar-refractivity contribution is 5.82. The first kappa shape index (κ1) is 14.3. The lowest BCUT2D eigenvalue weighted by molar-refractivity contribution is 0.550. The summed E-state index contributed by atoms with van der Waals surface area (Å²) in [5, 5.41) is 0.567. The summed E-state index contributed by atoms with van der Waals surface area (Å²) in [4.78, 5) is 20.1. The van der Waals surface area contributed by atoms with Crippen LogP contribution < -0.4 is 11.2 Å². The van der Waals surface area contributed by atoms with Crippen molar-refractivity contribution in [1.29, 1.82) is 0 Å². The minimum atomic E-state index is -0.0452. The first-order chi connectivity index (χ1) is 11.7. The molecule has 0 bridgehead atoms. The fourth-order valence-corrected chi connectivity index (χ4v) is 2.84. The Morgan fingerprint density at radius 1 is 1.04 bits per heavy atom. The van der Waals surface area contributed by atoms with Crippen LogP contribution in [0.4, 0.5) is 5.82 Å². The zero-order chi connectivity index (χ0) is 16.5. The van der Waals surface area contributed by atoms with Gasteiger partial charge in [-0.2, -0.15) is 0 Å². The molecule has 2 aromatic heterocycles. The van der Waals surface area contributed by atoms with Gasteiger partial charge in [0.1, 0.15) is 17.2 Å². The topological polar surface area (TPSA) is 84.9 Å². The minimum absolute atomic E-state index is 0.0452. The van der Waals surface area contributed by atoms with E-state index in [1.165, 1.54) is 6.33 Å². The van der Waals surface area contributed by atoms with Crippen LogP contribution in [0.2, 0.25) is 0 Å². The van der Waals surface area contributed by atoms with Crippen LogP contribution in [0.15, 0.2) is 70.1 Å². The molecule has 0 aliphatic carbocycles. The van der Waals surface area contributed by atoms with E-state index in [-0.39, 0.29) is 5.43 Å². The number of para-hydroxylation sites is 1.